The van der Waals surface area contributed by atoms with Gasteiger partial charge in [-0.25, -0.2) is 0 Å². The van der Waals surface area contributed by atoms with E-state index in [0.29, 0.717) is 11.5 Å². The number of rotatable bonds is 5. The van der Waals surface area contributed by atoms with E-state index in [-0.39, 0.29) is 18.0 Å². The molecule has 0 bridgehead atoms. The van der Waals surface area contributed by atoms with Crippen LogP contribution in [0.1, 0.15) is 54.3 Å². The molecule has 1 aromatic carbocycles. The molecule has 1 amide bonds. The minimum Gasteiger partial charge on any atom is -0.377 e. The van der Waals surface area contributed by atoms with Crippen LogP contribution in [0.4, 0.5) is 11.4 Å². The molecule has 1 aliphatic carbocycles. The van der Waals surface area contributed by atoms with Gasteiger partial charge in [-0.05, 0) is 68.5 Å². The zero-order valence-electron chi connectivity index (χ0n) is 16.6. The number of anilines is 2. The number of benzene rings is 1. The van der Waals surface area contributed by atoms with Crippen molar-refractivity contribution >= 4 is 17.3 Å². The van der Waals surface area contributed by atoms with Gasteiger partial charge in [-0.15, -0.1) is 0 Å². The van der Waals surface area contributed by atoms with Crippen molar-refractivity contribution in [3.05, 3.63) is 53.3 Å². The van der Waals surface area contributed by atoms with Crippen molar-refractivity contribution in [2.24, 2.45) is 17.6 Å². The molecular formula is C22H28N4O2. The van der Waals surface area contributed by atoms with Crippen molar-refractivity contribution in [1.29, 1.82) is 0 Å². The summed E-state index contributed by atoms with van der Waals surface area (Å²) >= 11 is 0. The maximum absolute atomic E-state index is 11.8. The van der Waals surface area contributed by atoms with Crippen molar-refractivity contribution in [3.8, 4) is 0 Å². The first-order chi connectivity index (χ1) is 13.4. The molecule has 0 saturated heterocycles. The van der Waals surface area contributed by atoms with E-state index in [9.17, 15) is 9.90 Å². The molecule has 148 valence electrons. The lowest BCUT2D eigenvalue weighted by molar-refractivity contribution is 0.1000. The first kappa shape index (κ1) is 18.7. The van der Waals surface area contributed by atoms with E-state index in [1.807, 2.05) is 44.3 Å². The van der Waals surface area contributed by atoms with E-state index >= 15 is 0 Å². The monoisotopic (exact) mass is 380 g/mol. The summed E-state index contributed by atoms with van der Waals surface area (Å²) in [6.07, 6.45) is 3.61. The molecule has 0 radical (unpaired) electrons. The van der Waals surface area contributed by atoms with E-state index in [0.717, 1.165) is 22.6 Å². The fourth-order valence-electron chi connectivity index (χ4n) is 4.57. The van der Waals surface area contributed by atoms with Crippen LogP contribution in [0.15, 0.2) is 36.5 Å². The number of aryl methyl sites for hydroxylation is 1. The molecule has 1 unspecified atom stereocenters. The number of aliphatic hydroxyl groups excluding tert-OH is 1. The standard InChI is InChI=1S/C22H28N4O2/c1-12-4-8-17(11-24-12)25-20-13(2)21(15-5-6-15)26(14(3)27)19-9-7-16(22(23)28)10-18(19)20/h4,7-11,13-15,20-21,25,27H,5-6H2,1-3H3,(H2,23,28)/t13-,14?,20-,21-/m1/s1. The van der Waals surface area contributed by atoms with Crippen LogP contribution in [-0.4, -0.2) is 28.3 Å². The molecule has 6 heteroatoms. The Morgan fingerprint density at radius 2 is 2.07 bits per heavy atom. The molecule has 0 spiro atoms. The summed E-state index contributed by atoms with van der Waals surface area (Å²) in [5.74, 6) is 0.368. The van der Waals surface area contributed by atoms with Gasteiger partial charge in [0.25, 0.3) is 0 Å². The highest BCUT2D eigenvalue weighted by Crippen LogP contribution is 2.50. The summed E-state index contributed by atoms with van der Waals surface area (Å²) in [4.78, 5) is 18.3. The predicted octanol–water partition coefficient (Wildman–Crippen LogP) is 3.22. The molecule has 4 N–H and O–H groups in total. The van der Waals surface area contributed by atoms with Gasteiger partial charge in [-0.3, -0.25) is 9.78 Å². The number of carbonyl (C=O) groups is 1. The maximum Gasteiger partial charge on any atom is 0.248 e. The number of nitrogens with two attached hydrogens (primary N) is 1. The molecule has 4 atom stereocenters. The fourth-order valence-corrected chi connectivity index (χ4v) is 4.57. The number of hydrogen-bond donors (Lipinski definition) is 3. The number of carbonyl (C=O) groups excluding carboxylic acids is 1. The quantitative estimate of drug-likeness (QED) is 0.741. The lowest BCUT2D eigenvalue weighted by Crippen LogP contribution is -2.52. The second-order valence-electron chi connectivity index (χ2n) is 8.17. The Kier molecular flexibility index (Phi) is 4.75. The Bertz CT molecular complexity index is 877. The Hall–Kier alpha value is -2.60. The van der Waals surface area contributed by atoms with Gasteiger partial charge in [0, 0.05) is 28.9 Å². The van der Waals surface area contributed by atoms with Gasteiger partial charge in [0.15, 0.2) is 0 Å². The van der Waals surface area contributed by atoms with Crippen molar-refractivity contribution < 1.29 is 9.90 Å². The minimum absolute atomic E-state index is 0.000550. The average molecular weight is 380 g/mol. The number of pyridine rings is 1. The highest BCUT2D eigenvalue weighted by Gasteiger charge is 2.47. The van der Waals surface area contributed by atoms with Crippen LogP contribution in [0.2, 0.25) is 0 Å². The Morgan fingerprint density at radius 3 is 2.64 bits per heavy atom. The third kappa shape index (κ3) is 3.33. The fraction of sp³-hybridized carbons (Fsp3) is 0.455. The normalized spacial score (nSPS) is 25.1. The number of primary amides is 1. The lowest BCUT2D eigenvalue weighted by atomic mass is 9.79. The first-order valence-electron chi connectivity index (χ1n) is 9.96. The van der Waals surface area contributed by atoms with Crippen LogP contribution in [0.5, 0.6) is 0 Å². The average Bonchev–Trinajstić information content (AvgIpc) is 3.49. The highest BCUT2D eigenvalue weighted by atomic mass is 16.3. The topological polar surface area (TPSA) is 91.5 Å². The van der Waals surface area contributed by atoms with Gasteiger partial charge < -0.3 is 21.1 Å². The van der Waals surface area contributed by atoms with Crippen LogP contribution < -0.4 is 16.0 Å². The molecule has 1 saturated carbocycles. The number of fused-ring (bicyclic) bond motifs is 1. The van der Waals surface area contributed by atoms with E-state index in [1.165, 1.54) is 12.8 Å². The summed E-state index contributed by atoms with van der Waals surface area (Å²) in [5.41, 5.74) is 9.89. The smallest absolute Gasteiger partial charge is 0.248 e. The SMILES string of the molecule is Cc1ccc(N[C@H]2c3cc(C(N)=O)ccc3N(C(C)O)[C@@H](C3CC3)[C@@H]2C)cn1. The summed E-state index contributed by atoms with van der Waals surface area (Å²) in [5, 5.41) is 14.2. The molecule has 6 nitrogen and oxygen atoms in total. The summed E-state index contributed by atoms with van der Waals surface area (Å²) < 4.78 is 0. The van der Waals surface area contributed by atoms with Gasteiger partial charge in [-0.2, -0.15) is 0 Å². The zero-order chi connectivity index (χ0) is 20.0. The van der Waals surface area contributed by atoms with Gasteiger partial charge in [-0.1, -0.05) is 6.92 Å². The largest absolute Gasteiger partial charge is 0.377 e. The van der Waals surface area contributed by atoms with Gasteiger partial charge >= 0.3 is 0 Å². The van der Waals surface area contributed by atoms with Crippen molar-refractivity contribution in [2.45, 2.75) is 51.9 Å². The maximum atomic E-state index is 11.8. The van der Waals surface area contributed by atoms with Crippen LogP contribution >= 0.6 is 0 Å². The molecule has 1 aliphatic heterocycles. The number of nitrogens with one attached hydrogen (secondary N) is 1. The number of nitrogens with zero attached hydrogens (tertiary/aromatic N) is 2. The van der Waals surface area contributed by atoms with Gasteiger partial charge in [0.05, 0.1) is 17.9 Å². The molecule has 1 fully saturated rings. The van der Waals surface area contributed by atoms with Crippen LogP contribution in [0.25, 0.3) is 0 Å². The van der Waals surface area contributed by atoms with Gasteiger partial charge in [0.2, 0.25) is 5.91 Å². The number of aromatic nitrogens is 1. The van der Waals surface area contributed by atoms with Crippen molar-refractivity contribution in [1.82, 2.24) is 4.98 Å². The van der Waals surface area contributed by atoms with E-state index < -0.39 is 12.1 Å². The lowest BCUT2D eigenvalue weighted by Gasteiger charge is -2.48. The Balaban J connectivity index is 1.81. The van der Waals surface area contributed by atoms with E-state index in [4.69, 9.17) is 5.73 Å². The number of amides is 1. The highest BCUT2D eigenvalue weighted by molar-refractivity contribution is 5.93. The molecule has 28 heavy (non-hydrogen) atoms. The summed E-state index contributed by atoms with van der Waals surface area (Å²) in [7, 11) is 0. The van der Waals surface area contributed by atoms with Crippen LogP contribution in [0.3, 0.4) is 0 Å². The first-order valence-corrected chi connectivity index (χ1v) is 9.96. The van der Waals surface area contributed by atoms with Gasteiger partial charge in [0.1, 0.15) is 6.23 Å². The van der Waals surface area contributed by atoms with Crippen LogP contribution in [0, 0.1) is 18.8 Å². The summed E-state index contributed by atoms with van der Waals surface area (Å²) in [6.45, 7) is 5.99. The Labute approximate surface area is 165 Å². The molecule has 2 heterocycles. The third-order valence-corrected chi connectivity index (χ3v) is 6.05. The minimum atomic E-state index is -0.604. The molecule has 4 rings (SSSR count). The van der Waals surface area contributed by atoms with E-state index in [1.54, 1.807) is 6.07 Å². The third-order valence-electron chi connectivity index (χ3n) is 6.05. The summed E-state index contributed by atoms with van der Waals surface area (Å²) in [6, 6.07) is 9.79. The molecule has 1 aromatic heterocycles. The predicted molar refractivity (Wildman–Crippen MR) is 110 cm³/mol. The second-order valence-corrected chi connectivity index (χ2v) is 8.17. The second kappa shape index (κ2) is 7.09. The van der Waals surface area contributed by atoms with Crippen molar-refractivity contribution in [3.63, 3.8) is 0 Å². The molecule has 2 aromatic rings. The molecular weight excluding hydrogens is 352 g/mol. The molecule has 2 aliphatic rings. The van der Waals surface area contributed by atoms with Crippen molar-refractivity contribution in [2.75, 3.05) is 10.2 Å². The number of hydrogen-bond acceptors (Lipinski definition) is 5. The Morgan fingerprint density at radius 1 is 1.32 bits per heavy atom. The van der Waals surface area contributed by atoms with E-state index in [2.05, 4.69) is 22.1 Å². The number of aliphatic hydroxyl groups is 1. The zero-order valence-corrected chi connectivity index (χ0v) is 16.6. The van der Waals surface area contributed by atoms with Crippen LogP contribution in [-0.2, 0) is 0 Å².